The zero-order chi connectivity index (χ0) is 41.1. The number of methoxy groups -OCH3 is 2. The van der Waals surface area contributed by atoms with Crippen molar-refractivity contribution < 1.29 is 28.7 Å². The molecule has 2 saturated heterocycles. The van der Waals surface area contributed by atoms with Crippen molar-refractivity contribution in [2.45, 2.75) is 77.5 Å². The summed E-state index contributed by atoms with van der Waals surface area (Å²) in [7, 11) is 2.58. The van der Waals surface area contributed by atoms with Gasteiger partial charge in [0, 0.05) is 29.8 Å². The van der Waals surface area contributed by atoms with E-state index in [-0.39, 0.29) is 35.7 Å². The van der Waals surface area contributed by atoms with Crippen molar-refractivity contribution in [3.05, 3.63) is 83.6 Å². The fourth-order valence-electron chi connectivity index (χ4n) is 7.94. The number of imidazole rings is 2. The van der Waals surface area contributed by atoms with Crippen LogP contribution in [0.4, 0.5) is 9.59 Å². The Balaban J connectivity index is 1.04. The molecule has 5 aromatic rings. The van der Waals surface area contributed by atoms with Gasteiger partial charge in [0.15, 0.2) is 0 Å². The molecule has 2 aliphatic rings. The second-order valence-electron chi connectivity index (χ2n) is 15.7. The summed E-state index contributed by atoms with van der Waals surface area (Å²) in [5, 5.41) is 7.49. The monoisotopic (exact) mass is 786 g/mol. The normalized spacial score (nSPS) is 17.7. The van der Waals surface area contributed by atoms with Gasteiger partial charge in [0.2, 0.25) is 11.8 Å². The lowest BCUT2D eigenvalue weighted by atomic mass is 10.0. The molecular formula is C44H50N8O6. The Hall–Kier alpha value is -6.36. The number of benzene rings is 3. The number of aromatic amines is 2. The van der Waals surface area contributed by atoms with Crippen molar-refractivity contribution in [2.75, 3.05) is 27.3 Å². The van der Waals surface area contributed by atoms with Crippen LogP contribution in [0, 0.1) is 23.7 Å². The summed E-state index contributed by atoms with van der Waals surface area (Å²) >= 11 is 0. The molecule has 4 amide bonds. The molecule has 2 fully saturated rings. The number of carbonyl (C=O) groups is 4. The number of hydrogen-bond acceptors (Lipinski definition) is 8. The number of aromatic nitrogens is 4. The summed E-state index contributed by atoms with van der Waals surface area (Å²) in [6.45, 7) is 8.77. The molecule has 0 radical (unpaired) electrons. The van der Waals surface area contributed by atoms with E-state index in [2.05, 4.69) is 56.7 Å². The quantitative estimate of drug-likeness (QED) is 0.121. The van der Waals surface area contributed by atoms with Crippen molar-refractivity contribution in [3.8, 4) is 23.1 Å². The van der Waals surface area contributed by atoms with Crippen LogP contribution in [0.2, 0.25) is 0 Å². The summed E-state index contributed by atoms with van der Waals surface area (Å²) in [6.07, 6.45) is 3.78. The third-order valence-electron chi connectivity index (χ3n) is 11.1. The van der Waals surface area contributed by atoms with E-state index < -0.39 is 24.3 Å². The first kappa shape index (κ1) is 39.9. The van der Waals surface area contributed by atoms with Crippen molar-refractivity contribution in [3.63, 3.8) is 0 Å². The third-order valence-corrected chi connectivity index (χ3v) is 11.1. The molecule has 14 nitrogen and oxygen atoms in total. The molecule has 2 aliphatic heterocycles. The zero-order valence-corrected chi connectivity index (χ0v) is 33.7. The summed E-state index contributed by atoms with van der Waals surface area (Å²) in [5.41, 5.74) is 5.17. The number of alkyl carbamates (subject to hydrolysis) is 2. The molecule has 3 aromatic carbocycles. The molecule has 7 rings (SSSR count). The maximum atomic E-state index is 13.6. The lowest BCUT2D eigenvalue weighted by molar-refractivity contribution is -0.136. The fraction of sp³-hybridized carbons (Fsp3) is 0.409. The molecule has 0 spiro atoms. The van der Waals surface area contributed by atoms with Crippen LogP contribution >= 0.6 is 0 Å². The maximum Gasteiger partial charge on any atom is 0.407 e. The van der Waals surface area contributed by atoms with E-state index in [4.69, 9.17) is 19.4 Å². The van der Waals surface area contributed by atoms with Crippen LogP contribution in [0.15, 0.2) is 60.8 Å². The third kappa shape index (κ3) is 8.34. The Labute approximate surface area is 337 Å². The predicted octanol–water partition coefficient (Wildman–Crippen LogP) is 6.59. The number of likely N-dealkylation sites (tertiary alicyclic amines) is 2. The standard InChI is InChI=1S/C44H50N8O6/c1-25(2)37(49-43(55)57-5)41(53)51-19-7-9-35(51)39-45-24-34(48-39)31-17-16-29-21-27(13-15-30(29)23-31)11-12-28-14-18-32-33(22-28)47-40(46-32)36-10-8-20-52(36)42(54)38(26(3)4)50-44(56)58-6/h13-18,21-26,35-38H,7-10,19-20H2,1-6H3,(H,45,48)(H,46,47)(H,49,55)(H,50,56)/t35-,36-,37-,38?/m0/s1. The number of ether oxygens (including phenoxy) is 2. The number of H-pyrrole nitrogens is 2. The van der Waals surface area contributed by atoms with Gasteiger partial charge in [0.25, 0.3) is 0 Å². The number of carbonyl (C=O) groups excluding carboxylic acids is 4. The SMILES string of the molecule is COC(=O)NC(C(=O)N1CCC[C@H]1c1nc2ccc(C#Cc3ccc4cc(-c5cnc([C@@H]6CCCN6C(=O)[C@@H](NC(=O)OC)C(C)C)[nH]5)ccc4c3)cc2[nH]1)C(C)C. The van der Waals surface area contributed by atoms with Crippen molar-refractivity contribution in [1.82, 2.24) is 40.4 Å². The number of nitrogens with zero attached hydrogens (tertiary/aromatic N) is 4. The highest BCUT2D eigenvalue weighted by molar-refractivity contribution is 5.89. The van der Waals surface area contributed by atoms with Crippen LogP contribution in [-0.4, -0.2) is 93.1 Å². The van der Waals surface area contributed by atoms with Crippen LogP contribution in [-0.2, 0) is 19.1 Å². The number of fused-ring (bicyclic) bond motifs is 2. The molecule has 14 heteroatoms. The second kappa shape index (κ2) is 17.0. The molecule has 302 valence electrons. The van der Waals surface area contributed by atoms with Crippen LogP contribution in [0.1, 0.15) is 88.2 Å². The fourth-order valence-corrected chi connectivity index (χ4v) is 7.94. The van der Waals surface area contributed by atoms with E-state index in [1.54, 1.807) is 11.1 Å². The van der Waals surface area contributed by atoms with Gasteiger partial charge in [0.1, 0.15) is 23.7 Å². The molecule has 0 aliphatic carbocycles. The number of rotatable bonds is 9. The Morgan fingerprint density at radius 1 is 0.724 bits per heavy atom. The second-order valence-corrected chi connectivity index (χ2v) is 15.7. The first-order chi connectivity index (χ1) is 27.9. The largest absolute Gasteiger partial charge is 0.453 e. The summed E-state index contributed by atoms with van der Waals surface area (Å²) in [4.78, 5) is 71.1. The van der Waals surface area contributed by atoms with Gasteiger partial charge in [0.05, 0.1) is 49.2 Å². The maximum absolute atomic E-state index is 13.6. The Morgan fingerprint density at radius 3 is 1.88 bits per heavy atom. The minimum absolute atomic E-state index is 0.109. The smallest absolute Gasteiger partial charge is 0.407 e. The van der Waals surface area contributed by atoms with Crippen molar-refractivity contribution >= 4 is 45.8 Å². The first-order valence-electron chi connectivity index (χ1n) is 19.8. The highest BCUT2D eigenvalue weighted by Crippen LogP contribution is 2.35. The topological polar surface area (TPSA) is 175 Å². The molecule has 0 saturated carbocycles. The van der Waals surface area contributed by atoms with Crippen LogP contribution in [0.3, 0.4) is 0 Å². The van der Waals surface area contributed by atoms with Gasteiger partial charge in [-0.1, -0.05) is 57.7 Å². The lowest BCUT2D eigenvalue weighted by Crippen LogP contribution is -2.51. The molecule has 58 heavy (non-hydrogen) atoms. The average Bonchev–Trinajstić information content (AvgIpc) is 4.06. The Morgan fingerprint density at radius 2 is 1.28 bits per heavy atom. The van der Waals surface area contributed by atoms with Gasteiger partial charge in [-0.05, 0) is 84.7 Å². The van der Waals surface area contributed by atoms with Gasteiger partial charge in [-0.15, -0.1) is 0 Å². The van der Waals surface area contributed by atoms with E-state index in [0.29, 0.717) is 18.9 Å². The number of nitrogens with one attached hydrogen (secondary N) is 4. The summed E-state index contributed by atoms with van der Waals surface area (Å²) in [6, 6.07) is 16.4. The summed E-state index contributed by atoms with van der Waals surface area (Å²) in [5.74, 6) is 7.53. The number of hydrogen-bond donors (Lipinski definition) is 4. The predicted molar refractivity (Wildman–Crippen MR) is 219 cm³/mol. The van der Waals surface area contributed by atoms with E-state index in [1.165, 1.54) is 14.2 Å². The van der Waals surface area contributed by atoms with E-state index >= 15 is 0 Å². The van der Waals surface area contributed by atoms with Crippen LogP contribution in [0.25, 0.3) is 33.1 Å². The molecule has 0 bridgehead atoms. The Kier molecular flexibility index (Phi) is 11.7. The minimum Gasteiger partial charge on any atom is -0.453 e. The highest BCUT2D eigenvalue weighted by Gasteiger charge is 2.39. The van der Waals surface area contributed by atoms with E-state index in [0.717, 1.165) is 75.7 Å². The molecule has 4 atom stereocenters. The van der Waals surface area contributed by atoms with E-state index in [1.807, 2.05) is 62.9 Å². The van der Waals surface area contributed by atoms with Gasteiger partial charge >= 0.3 is 12.2 Å². The number of amides is 4. The van der Waals surface area contributed by atoms with Crippen molar-refractivity contribution in [1.29, 1.82) is 0 Å². The first-order valence-corrected chi connectivity index (χ1v) is 19.8. The molecule has 4 heterocycles. The minimum atomic E-state index is -0.697. The Bertz CT molecular complexity index is 2410. The van der Waals surface area contributed by atoms with Crippen LogP contribution < -0.4 is 10.6 Å². The lowest BCUT2D eigenvalue weighted by Gasteiger charge is -2.30. The highest BCUT2D eigenvalue weighted by atomic mass is 16.5. The van der Waals surface area contributed by atoms with Gasteiger partial charge < -0.3 is 39.9 Å². The van der Waals surface area contributed by atoms with Gasteiger partial charge in [-0.3, -0.25) is 9.59 Å². The molecule has 4 N–H and O–H groups in total. The van der Waals surface area contributed by atoms with E-state index in [9.17, 15) is 19.2 Å². The zero-order valence-electron chi connectivity index (χ0n) is 33.7. The van der Waals surface area contributed by atoms with Gasteiger partial charge in [-0.2, -0.15) is 0 Å². The van der Waals surface area contributed by atoms with Crippen molar-refractivity contribution in [2.24, 2.45) is 11.8 Å². The summed E-state index contributed by atoms with van der Waals surface area (Å²) < 4.78 is 9.52. The van der Waals surface area contributed by atoms with Crippen LogP contribution in [0.5, 0.6) is 0 Å². The molecule has 1 unspecified atom stereocenters. The average molecular weight is 787 g/mol. The molecular weight excluding hydrogens is 737 g/mol. The van der Waals surface area contributed by atoms with Gasteiger partial charge in [-0.25, -0.2) is 19.6 Å². The molecule has 2 aromatic heterocycles.